The van der Waals surface area contributed by atoms with Gasteiger partial charge >= 0.3 is 0 Å². The van der Waals surface area contributed by atoms with Crippen molar-refractivity contribution in [2.24, 2.45) is 5.41 Å². The van der Waals surface area contributed by atoms with Crippen LogP contribution in [0.4, 0.5) is 0 Å². The van der Waals surface area contributed by atoms with Gasteiger partial charge in [0.05, 0.1) is 6.61 Å². The number of hydrogen-bond acceptors (Lipinski definition) is 3. The molecule has 0 aliphatic carbocycles. The highest BCUT2D eigenvalue weighted by atomic mass is 16.5. The highest BCUT2D eigenvalue weighted by molar-refractivity contribution is 4.77. The van der Waals surface area contributed by atoms with Crippen LogP contribution in [0.1, 0.15) is 40.5 Å². The van der Waals surface area contributed by atoms with Crippen molar-refractivity contribution in [3.63, 3.8) is 0 Å². The van der Waals surface area contributed by atoms with E-state index in [9.17, 15) is 5.11 Å². The van der Waals surface area contributed by atoms with E-state index in [1.54, 1.807) is 0 Å². The predicted octanol–water partition coefficient (Wildman–Crippen LogP) is 2.14. The summed E-state index contributed by atoms with van der Waals surface area (Å²) in [6, 6.07) is 0. The molecule has 0 radical (unpaired) electrons. The number of likely N-dealkylation sites (N-methyl/N-ethyl adjacent to an activating group) is 1. The molecule has 0 saturated heterocycles. The molecule has 0 saturated carbocycles. The maximum Gasteiger partial charge on any atom is 0.0593 e. The summed E-state index contributed by atoms with van der Waals surface area (Å²) >= 11 is 0. The Kier molecular flexibility index (Phi) is 8.90. The smallest absolute Gasteiger partial charge is 0.0593 e. The van der Waals surface area contributed by atoms with Crippen molar-refractivity contribution in [1.29, 1.82) is 0 Å². The molecule has 3 heteroatoms. The number of aliphatic hydroxyl groups is 1. The van der Waals surface area contributed by atoms with Crippen LogP contribution < -0.4 is 0 Å². The first kappa shape index (κ1) is 15.9. The Balaban J connectivity index is 4.05. The standard InChI is InChI=1S/C13H29NO2/c1-5-8-13(4,12-15)11-14(6-2)9-10-16-7-3/h15H,5-12H2,1-4H3. The molecule has 0 aromatic carbocycles. The highest BCUT2D eigenvalue weighted by Crippen LogP contribution is 2.23. The largest absolute Gasteiger partial charge is 0.396 e. The van der Waals surface area contributed by atoms with E-state index in [1.807, 2.05) is 6.92 Å². The third kappa shape index (κ3) is 6.46. The van der Waals surface area contributed by atoms with Crippen LogP contribution in [0.15, 0.2) is 0 Å². The van der Waals surface area contributed by atoms with Crippen molar-refractivity contribution >= 4 is 0 Å². The quantitative estimate of drug-likeness (QED) is 0.585. The molecular weight excluding hydrogens is 202 g/mol. The van der Waals surface area contributed by atoms with E-state index in [0.29, 0.717) is 0 Å². The molecule has 1 unspecified atom stereocenters. The Labute approximate surface area is 101 Å². The summed E-state index contributed by atoms with van der Waals surface area (Å²) in [6.07, 6.45) is 2.20. The van der Waals surface area contributed by atoms with Crippen molar-refractivity contribution in [2.75, 3.05) is 39.5 Å². The number of ether oxygens (including phenoxy) is 1. The second-order valence-corrected chi connectivity index (χ2v) is 4.78. The average molecular weight is 231 g/mol. The lowest BCUT2D eigenvalue weighted by molar-refractivity contribution is 0.0594. The zero-order chi connectivity index (χ0) is 12.4. The fourth-order valence-corrected chi connectivity index (χ4v) is 2.04. The Morgan fingerprint density at radius 1 is 1.25 bits per heavy atom. The maximum atomic E-state index is 9.47. The monoisotopic (exact) mass is 231 g/mol. The molecule has 0 aliphatic rings. The molecule has 1 atom stereocenters. The molecule has 0 heterocycles. The number of aliphatic hydroxyl groups excluding tert-OH is 1. The molecule has 0 rings (SSSR count). The van der Waals surface area contributed by atoms with Crippen molar-refractivity contribution in [3.8, 4) is 0 Å². The van der Waals surface area contributed by atoms with Gasteiger partial charge in [-0.2, -0.15) is 0 Å². The third-order valence-electron chi connectivity index (χ3n) is 3.04. The van der Waals surface area contributed by atoms with E-state index < -0.39 is 0 Å². The molecular formula is C13H29NO2. The topological polar surface area (TPSA) is 32.7 Å². The Hall–Kier alpha value is -0.120. The van der Waals surface area contributed by atoms with E-state index in [-0.39, 0.29) is 12.0 Å². The van der Waals surface area contributed by atoms with Crippen LogP contribution in [0.2, 0.25) is 0 Å². The molecule has 0 aromatic heterocycles. The number of rotatable bonds is 10. The summed E-state index contributed by atoms with van der Waals surface area (Å²) in [4.78, 5) is 2.36. The summed E-state index contributed by atoms with van der Waals surface area (Å²) in [5.74, 6) is 0. The van der Waals surface area contributed by atoms with E-state index in [4.69, 9.17) is 4.74 Å². The average Bonchev–Trinajstić information content (AvgIpc) is 2.28. The first-order valence-electron chi connectivity index (χ1n) is 6.52. The molecule has 0 amide bonds. The second-order valence-electron chi connectivity index (χ2n) is 4.78. The minimum absolute atomic E-state index is 0.0387. The minimum atomic E-state index is 0.0387. The predicted molar refractivity (Wildman–Crippen MR) is 68.7 cm³/mol. The van der Waals surface area contributed by atoms with Gasteiger partial charge in [0.25, 0.3) is 0 Å². The van der Waals surface area contributed by atoms with Gasteiger partial charge in [0.15, 0.2) is 0 Å². The van der Waals surface area contributed by atoms with Crippen molar-refractivity contribution in [3.05, 3.63) is 0 Å². The normalized spacial score (nSPS) is 15.4. The van der Waals surface area contributed by atoms with Crippen molar-refractivity contribution in [2.45, 2.75) is 40.5 Å². The van der Waals surface area contributed by atoms with E-state index in [1.165, 1.54) is 0 Å². The lowest BCUT2D eigenvalue weighted by Crippen LogP contribution is -2.39. The fourth-order valence-electron chi connectivity index (χ4n) is 2.04. The van der Waals surface area contributed by atoms with Crippen LogP contribution in [0.3, 0.4) is 0 Å². The zero-order valence-corrected chi connectivity index (χ0v) is 11.5. The lowest BCUT2D eigenvalue weighted by atomic mass is 9.86. The molecule has 0 fully saturated rings. The van der Waals surface area contributed by atoms with Gasteiger partial charge in [-0.05, 0) is 19.9 Å². The maximum absolute atomic E-state index is 9.47. The molecule has 0 aliphatic heterocycles. The molecule has 98 valence electrons. The Morgan fingerprint density at radius 3 is 2.38 bits per heavy atom. The summed E-state index contributed by atoms with van der Waals surface area (Å²) in [5.41, 5.74) is 0.0387. The van der Waals surface area contributed by atoms with Crippen LogP contribution in [0.5, 0.6) is 0 Å². The van der Waals surface area contributed by atoms with Gasteiger partial charge in [-0.15, -0.1) is 0 Å². The van der Waals surface area contributed by atoms with Gasteiger partial charge in [0.2, 0.25) is 0 Å². The lowest BCUT2D eigenvalue weighted by Gasteiger charge is -2.33. The van der Waals surface area contributed by atoms with Gasteiger partial charge in [0, 0.05) is 31.7 Å². The van der Waals surface area contributed by atoms with E-state index in [2.05, 4.69) is 25.7 Å². The van der Waals surface area contributed by atoms with Gasteiger partial charge in [-0.25, -0.2) is 0 Å². The van der Waals surface area contributed by atoms with E-state index >= 15 is 0 Å². The zero-order valence-electron chi connectivity index (χ0n) is 11.5. The number of hydrogen-bond donors (Lipinski definition) is 1. The fraction of sp³-hybridized carbons (Fsp3) is 1.00. The van der Waals surface area contributed by atoms with Crippen LogP contribution in [-0.4, -0.2) is 49.5 Å². The second kappa shape index (κ2) is 8.97. The first-order chi connectivity index (χ1) is 7.61. The first-order valence-corrected chi connectivity index (χ1v) is 6.52. The Bertz CT molecular complexity index is 164. The van der Waals surface area contributed by atoms with Crippen molar-refractivity contribution in [1.82, 2.24) is 4.90 Å². The molecule has 0 aromatic rings. The van der Waals surface area contributed by atoms with Crippen LogP contribution in [0.25, 0.3) is 0 Å². The SMILES string of the molecule is CCCC(C)(CO)CN(CC)CCOCC. The van der Waals surface area contributed by atoms with Gasteiger partial charge in [0.1, 0.15) is 0 Å². The highest BCUT2D eigenvalue weighted by Gasteiger charge is 2.24. The summed E-state index contributed by atoms with van der Waals surface area (Å²) in [6.45, 7) is 13.3. The summed E-state index contributed by atoms with van der Waals surface area (Å²) in [7, 11) is 0. The molecule has 0 bridgehead atoms. The Morgan fingerprint density at radius 2 is 1.94 bits per heavy atom. The van der Waals surface area contributed by atoms with Crippen LogP contribution >= 0.6 is 0 Å². The van der Waals surface area contributed by atoms with Gasteiger partial charge < -0.3 is 14.7 Å². The van der Waals surface area contributed by atoms with Gasteiger partial charge in [-0.3, -0.25) is 0 Å². The van der Waals surface area contributed by atoms with Gasteiger partial charge in [-0.1, -0.05) is 27.2 Å². The van der Waals surface area contributed by atoms with Crippen LogP contribution in [0, 0.1) is 5.41 Å². The number of nitrogens with zero attached hydrogens (tertiary/aromatic N) is 1. The van der Waals surface area contributed by atoms with E-state index in [0.717, 1.165) is 45.7 Å². The summed E-state index contributed by atoms with van der Waals surface area (Å²) in [5, 5.41) is 9.47. The summed E-state index contributed by atoms with van der Waals surface area (Å²) < 4.78 is 5.37. The molecule has 16 heavy (non-hydrogen) atoms. The molecule has 3 nitrogen and oxygen atoms in total. The molecule has 1 N–H and O–H groups in total. The third-order valence-corrected chi connectivity index (χ3v) is 3.04. The molecule has 0 spiro atoms. The van der Waals surface area contributed by atoms with Crippen LogP contribution in [-0.2, 0) is 4.74 Å². The van der Waals surface area contributed by atoms with Crippen molar-refractivity contribution < 1.29 is 9.84 Å². The minimum Gasteiger partial charge on any atom is -0.396 e.